The number of hydrogen-bond donors (Lipinski definition) is 3. The van der Waals surface area contributed by atoms with Gasteiger partial charge in [0.05, 0.1) is 41.7 Å². The lowest BCUT2D eigenvalue weighted by Crippen LogP contribution is -2.79. The van der Waals surface area contributed by atoms with E-state index in [4.69, 9.17) is 9.15 Å². The van der Waals surface area contributed by atoms with E-state index in [2.05, 4.69) is 4.90 Å². The molecule has 6 atom stereocenters. The number of piperidine rings is 1. The van der Waals surface area contributed by atoms with Crippen LogP contribution in [0.4, 0.5) is 0 Å². The van der Waals surface area contributed by atoms with Gasteiger partial charge in [-0.25, -0.2) is 0 Å². The molecule has 1 aromatic heterocycles. The highest BCUT2D eigenvalue weighted by molar-refractivity contribution is 5.92. The molecule has 0 radical (unpaired) electrons. The van der Waals surface area contributed by atoms with E-state index in [0.717, 1.165) is 29.8 Å². The molecule has 3 fully saturated rings. The highest BCUT2D eigenvalue weighted by atomic mass is 16.5. The van der Waals surface area contributed by atoms with Crippen molar-refractivity contribution in [3.63, 3.8) is 0 Å². The highest BCUT2D eigenvalue weighted by Crippen LogP contribution is 2.67. The molecule has 1 amide bonds. The predicted octanol–water partition coefficient (Wildman–Crippen LogP) is 2.58. The highest BCUT2D eigenvalue weighted by Gasteiger charge is 2.75. The lowest BCUT2D eigenvalue weighted by Gasteiger charge is -2.65. The van der Waals surface area contributed by atoms with Gasteiger partial charge in [0.25, 0.3) is 0 Å². The van der Waals surface area contributed by atoms with Crippen LogP contribution < -0.4 is 4.74 Å². The number of nitrogens with zero attached hydrogens (tertiary/aromatic N) is 2. The Bertz CT molecular complexity index is 1240. The number of rotatable bonds is 5. The van der Waals surface area contributed by atoms with Crippen molar-refractivity contribution in [1.29, 1.82) is 0 Å². The summed E-state index contributed by atoms with van der Waals surface area (Å²) in [7, 11) is 1.78. The summed E-state index contributed by atoms with van der Waals surface area (Å²) < 4.78 is 11.6. The number of phenols is 1. The van der Waals surface area contributed by atoms with Crippen molar-refractivity contribution in [1.82, 2.24) is 9.80 Å². The van der Waals surface area contributed by atoms with E-state index < -0.39 is 29.3 Å². The maximum atomic E-state index is 13.2. The van der Waals surface area contributed by atoms with Gasteiger partial charge in [0.15, 0.2) is 11.5 Å². The van der Waals surface area contributed by atoms with Gasteiger partial charge < -0.3 is 29.4 Å². The van der Waals surface area contributed by atoms with Crippen LogP contribution in [0.15, 0.2) is 41.2 Å². The van der Waals surface area contributed by atoms with E-state index in [0.29, 0.717) is 30.9 Å². The minimum atomic E-state index is -1.22. The van der Waals surface area contributed by atoms with Gasteiger partial charge >= 0.3 is 0 Å². The molecule has 36 heavy (non-hydrogen) atoms. The summed E-state index contributed by atoms with van der Waals surface area (Å²) in [6.07, 6.45) is 9.02. The van der Waals surface area contributed by atoms with E-state index in [-0.39, 0.29) is 17.7 Å². The number of benzene rings is 1. The summed E-state index contributed by atoms with van der Waals surface area (Å²) in [5, 5.41) is 34.9. The summed E-state index contributed by atoms with van der Waals surface area (Å²) in [4.78, 5) is 17.2. The van der Waals surface area contributed by atoms with Gasteiger partial charge in [0, 0.05) is 30.8 Å². The van der Waals surface area contributed by atoms with Crippen LogP contribution in [0.1, 0.15) is 54.9 Å². The van der Waals surface area contributed by atoms with Gasteiger partial charge in [-0.3, -0.25) is 9.69 Å². The predicted molar refractivity (Wildman–Crippen MR) is 130 cm³/mol. The van der Waals surface area contributed by atoms with E-state index in [1.54, 1.807) is 48.7 Å². The molecule has 3 aliphatic carbocycles. The molecular weight excluding hydrogens is 460 g/mol. The molecule has 5 aliphatic rings. The van der Waals surface area contributed by atoms with Gasteiger partial charge in [-0.2, -0.15) is 0 Å². The van der Waals surface area contributed by atoms with Crippen LogP contribution in [0.2, 0.25) is 0 Å². The quantitative estimate of drug-likeness (QED) is 0.551. The van der Waals surface area contributed by atoms with Crippen molar-refractivity contribution >= 4 is 12.0 Å². The van der Waals surface area contributed by atoms with E-state index in [1.165, 1.54) is 18.9 Å². The first-order valence-corrected chi connectivity index (χ1v) is 13.0. The number of hydrogen-bond acceptors (Lipinski definition) is 7. The first kappa shape index (κ1) is 22.4. The van der Waals surface area contributed by atoms with Crippen LogP contribution in [0.25, 0.3) is 6.08 Å². The second-order valence-electron chi connectivity index (χ2n) is 11.3. The summed E-state index contributed by atoms with van der Waals surface area (Å²) in [5.41, 5.74) is 0.258. The monoisotopic (exact) mass is 492 g/mol. The van der Waals surface area contributed by atoms with Gasteiger partial charge in [-0.05, 0) is 68.3 Å². The van der Waals surface area contributed by atoms with Gasteiger partial charge in [0.1, 0.15) is 6.10 Å². The average molecular weight is 493 g/mol. The fraction of sp³-hybridized carbons (Fsp3) is 0.536. The first-order valence-electron chi connectivity index (χ1n) is 13.0. The summed E-state index contributed by atoms with van der Waals surface area (Å²) in [5.74, 6) is 0.833. The van der Waals surface area contributed by atoms with Crippen molar-refractivity contribution < 1.29 is 29.3 Å². The first-order chi connectivity index (χ1) is 17.3. The molecule has 190 valence electrons. The van der Waals surface area contributed by atoms with Crippen LogP contribution in [0.5, 0.6) is 11.5 Å². The van der Waals surface area contributed by atoms with Crippen molar-refractivity contribution in [2.75, 3.05) is 20.1 Å². The Morgan fingerprint density at radius 2 is 2.08 bits per heavy atom. The molecule has 1 saturated heterocycles. The maximum Gasteiger partial charge on any atom is 0.246 e. The number of phenolic OH excluding ortho intramolecular Hbond substituents is 1. The Kier molecular flexibility index (Phi) is 4.73. The molecule has 7 rings (SSSR count). The number of carbonyl (C=O) groups is 1. The van der Waals surface area contributed by atoms with Crippen molar-refractivity contribution in [3.8, 4) is 11.5 Å². The SMILES string of the molecule is CN(C(=O)/C=C/c1ccoc1)[C@@H]1CC[C@@]2(O)[C@H]3[C@@H](O)c4ccc(O)c5c4[C@@]2(CCN3CC2CC2)[C@H]1O5. The van der Waals surface area contributed by atoms with E-state index in [9.17, 15) is 20.1 Å². The Labute approximate surface area is 209 Å². The molecule has 0 unspecified atom stereocenters. The Balaban J connectivity index is 1.30. The minimum absolute atomic E-state index is 0.0125. The zero-order valence-corrected chi connectivity index (χ0v) is 20.3. The van der Waals surface area contributed by atoms with Crippen LogP contribution in [0, 0.1) is 5.92 Å². The van der Waals surface area contributed by atoms with E-state index >= 15 is 0 Å². The molecular formula is C28H32N2O6. The molecule has 3 heterocycles. The number of likely N-dealkylation sites (N-methyl/N-ethyl adjacent to an activating group) is 1. The lowest BCUT2D eigenvalue weighted by atomic mass is 9.47. The number of aliphatic hydroxyl groups is 2. The van der Waals surface area contributed by atoms with Crippen LogP contribution in [-0.2, 0) is 10.2 Å². The number of likely N-dealkylation sites (tertiary alicyclic amines) is 1. The van der Waals surface area contributed by atoms with Gasteiger partial charge in [-0.15, -0.1) is 0 Å². The topological polar surface area (TPSA) is 107 Å². The molecule has 2 saturated carbocycles. The maximum absolute atomic E-state index is 13.2. The molecule has 3 N–H and O–H groups in total. The third-order valence-electron chi connectivity index (χ3n) is 9.58. The number of amides is 1. The zero-order chi connectivity index (χ0) is 24.8. The molecule has 2 aromatic rings. The average Bonchev–Trinajstić information content (AvgIpc) is 3.38. The number of carbonyl (C=O) groups excluding carboxylic acids is 1. The normalized spacial score (nSPS) is 36.5. The lowest BCUT2D eigenvalue weighted by molar-refractivity contribution is -0.223. The Morgan fingerprint density at radius 3 is 2.83 bits per heavy atom. The molecule has 8 nitrogen and oxygen atoms in total. The molecule has 2 aliphatic heterocycles. The number of ether oxygens (including phenoxy) is 1. The summed E-state index contributed by atoms with van der Waals surface area (Å²) >= 11 is 0. The second-order valence-corrected chi connectivity index (χ2v) is 11.3. The number of furan rings is 1. The van der Waals surface area contributed by atoms with Gasteiger partial charge in [0.2, 0.25) is 5.91 Å². The van der Waals surface area contributed by atoms with E-state index in [1.807, 2.05) is 0 Å². The molecule has 2 bridgehead atoms. The second kappa shape index (κ2) is 7.60. The van der Waals surface area contributed by atoms with Crippen molar-refractivity contribution in [2.45, 2.75) is 67.4 Å². The standard InChI is InChI=1S/C28H32N2O6/c1-29(21(32)7-4-17-9-13-35-15-17)19-8-10-28(34)25-23(33)18-5-6-20(31)24-22(18)27(28,26(19)36-24)11-12-30(25)14-16-2-3-16/h4-7,9,13,15-16,19,23,25-26,31,33-34H,2-3,8,10-12,14H2,1H3/b7-4+/t19-,23+,25-,26+,27+,28-/m1/s1. The number of aliphatic hydroxyl groups excluding tert-OH is 1. The van der Waals surface area contributed by atoms with Crippen LogP contribution in [0.3, 0.4) is 0 Å². The molecule has 8 heteroatoms. The zero-order valence-electron chi connectivity index (χ0n) is 20.3. The smallest absolute Gasteiger partial charge is 0.246 e. The fourth-order valence-electron chi connectivity index (χ4n) is 7.73. The minimum Gasteiger partial charge on any atom is -0.504 e. The molecule has 1 aromatic carbocycles. The van der Waals surface area contributed by atoms with Crippen molar-refractivity contribution in [3.05, 3.63) is 53.5 Å². The summed E-state index contributed by atoms with van der Waals surface area (Å²) in [6, 6.07) is 4.41. The Hall–Kier alpha value is -2.81. The van der Waals surface area contributed by atoms with Gasteiger partial charge in [-0.1, -0.05) is 6.07 Å². The number of aromatic hydroxyl groups is 1. The summed E-state index contributed by atoms with van der Waals surface area (Å²) in [6.45, 7) is 1.62. The third-order valence-corrected chi connectivity index (χ3v) is 9.58. The van der Waals surface area contributed by atoms with Crippen LogP contribution >= 0.6 is 0 Å². The van der Waals surface area contributed by atoms with Crippen molar-refractivity contribution in [2.24, 2.45) is 5.92 Å². The fourth-order valence-corrected chi connectivity index (χ4v) is 7.73. The largest absolute Gasteiger partial charge is 0.504 e. The third kappa shape index (κ3) is 2.83. The van der Waals surface area contributed by atoms with Crippen LogP contribution in [-0.4, -0.2) is 75.0 Å². The Morgan fingerprint density at radius 1 is 1.25 bits per heavy atom. The molecule has 1 spiro atoms.